The predicted octanol–water partition coefficient (Wildman–Crippen LogP) is 0.150. The van der Waals surface area contributed by atoms with Gasteiger partial charge in [-0.15, -0.1) is 0 Å². The first-order valence-electron chi connectivity index (χ1n) is 6.83. The van der Waals surface area contributed by atoms with Gasteiger partial charge in [0.15, 0.2) is 0 Å². The lowest BCUT2D eigenvalue weighted by Crippen LogP contribution is -2.53. The van der Waals surface area contributed by atoms with Gasteiger partial charge in [-0.25, -0.2) is 4.39 Å². The maximum atomic E-state index is 12.9. The summed E-state index contributed by atoms with van der Waals surface area (Å²) in [5, 5.41) is 0. The molecule has 4 N–H and O–H groups in total. The van der Waals surface area contributed by atoms with Crippen molar-refractivity contribution < 1.29 is 9.18 Å². The number of nitrogens with two attached hydrogens (primary N) is 2. The summed E-state index contributed by atoms with van der Waals surface area (Å²) in [6, 6.07) is 6.53. The smallest absolute Gasteiger partial charge is 0.219 e. The number of hydrogen-bond donors (Lipinski definition) is 2. The number of halogens is 1. The lowest BCUT2D eigenvalue weighted by Gasteiger charge is -2.39. The topological polar surface area (TPSA) is 75.6 Å². The Labute approximate surface area is 118 Å². The third-order valence-corrected chi connectivity index (χ3v) is 3.73. The van der Waals surface area contributed by atoms with Gasteiger partial charge in [0.05, 0.1) is 0 Å². The fraction of sp³-hybridized carbons (Fsp3) is 0.500. The van der Waals surface area contributed by atoms with Crippen molar-refractivity contribution >= 4 is 11.6 Å². The Balaban J connectivity index is 1.91. The fourth-order valence-electron chi connectivity index (χ4n) is 2.59. The molecule has 2 rings (SSSR count). The van der Waals surface area contributed by atoms with Crippen LogP contribution in [0.5, 0.6) is 0 Å². The lowest BCUT2D eigenvalue weighted by molar-refractivity contribution is -0.119. The second-order valence-corrected chi connectivity index (χ2v) is 5.06. The van der Waals surface area contributed by atoms with Gasteiger partial charge in [-0.05, 0) is 24.3 Å². The molecule has 1 atom stereocenters. The standard InChI is InChI=1S/C14H21FN4O/c15-11-1-3-12(4-2-11)18-5-7-19(8-6-18)13(10-16)9-14(17)20/h1-4,13H,5-10,16H2,(H2,17,20). The van der Waals surface area contributed by atoms with Gasteiger partial charge >= 0.3 is 0 Å². The Morgan fingerprint density at radius 1 is 1.20 bits per heavy atom. The number of amides is 1. The molecule has 0 aliphatic carbocycles. The molecule has 20 heavy (non-hydrogen) atoms. The largest absolute Gasteiger partial charge is 0.370 e. The number of piperazine rings is 1. The van der Waals surface area contributed by atoms with Gasteiger partial charge in [0.2, 0.25) is 5.91 Å². The Hall–Kier alpha value is -1.66. The molecule has 1 aromatic carbocycles. The Bertz CT molecular complexity index is 443. The SMILES string of the molecule is NCC(CC(N)=O)N1CCN(c2ccc(F)cc2)CC1. The highest BCUT2D eigenvalue weighted by atomic mass is 19.1. The highest BCUT2D eigenvalue weighted by Crippen LogP contribution is 2.18. The van der Waals surface area contributed by atoms with Crippen LogP contribution < -0.4 is 16.4 Å². The van der Waals surface area contributed by atoms with Gasteiger partial charge < -0.3 is 16.4 Å². The molecule has 1 aliphatic rings. The molecule has 1 amide bonds. The summed E-state index contributed by atoms with van der Waals surface area (Å²) in [5.41, 5.74) is 12.0. The van der Waals surface area contributed by atoms with Crippen LogP contribution in [0.1, 0.15) is 6.42 Å². The quantitative estimate of drug-likeness (QED) is 0.805. The van der Waals surface area contributed by atoms with Crippen LogP contribution in [-0.2, 0) is 4.79 Å². The van der Waals surface area contributed by atoms with Crippen molar-refractivity contribution in [2.24, 2.45) is 11.5 Å². The van der Waals surface area contributed by atoms with Crippen LogP contribution in [0.15, 0.2) is 24.3 Å². The van der Waals surface area contributed by atoms with Gasteiger partial charge in [-0.3, -0.25) is 9.69 Å². The van der Waals surface area contributed by atoms with Crippen molar-refractivity contribution in [3.05, 3.63) is 30.1 Å². The average Bonchev–Trinajstić information content (AvgIpc) is 2.46. The summed E-state index contributed by atoms with van der Waals surface area (Å²) in [6.07, 6.45) is 0.299. The van der Waals surface area contributed by atoms with E-state index in [4.69, 9.17) is 11.5 Å². The first-order chi connectivity index (χ1) is 9.60. The van der Waals surface area contributed by atoms with Crippen LogP contribution >= 0.6 is 0 Å². The molecule has 0 bridgehead atoms. The van der Waals surface area contributed by atoms with Crippen LogP contribution in [0.3, 0.4) is 0 Å². The van der Waals surface area contributed by atoms with E-state index in [1.54, 1.807) is 12.1 Å². The molecule has 0 radical (unpaired) electrons. The summed E-state index contributed by atoms with van der Waals surface area (Å²) >= 11 is 0. The second-order valence-electron chi connectivity index (χ2n) is 5.06. The van der Waals surface area contributed by atoms with Crippen molar-refractivity contribution in [1.82, 2.24) is 4.90 Å². The van der Waals surface area contributed by atoms with E-state index >= 15 is 0 Å². The molecule has 1 aromatic rings. The first-order valence-corrected chi connectivity index (χ1v) is 6.83. The normalized spacial score (nSPS) is 18.0. The number of carbonyl (C=O) groups is 1. The van der Waals surface area contributed by atoms with Crippen LogP contribution in [-0.4, -0.2) is 49.6 Å². The molecule has 110 valence electrons. The van der Waals surface area contributed by atoms with Crippen molar-refractivity contribution in [1.29, 1.82) is 0 Å². The van der Waals surface area contributed by atoms with E-state index in [9.17, 15) is 9.18 Å². The van der Waals surface area contributed by atoms with Gasteiger partial charge in [0.25, 0.3) is 0 Å². The average molecular weight is 280 g/mol. The zero-order valence-corrected chi connectivity index (χ0v) is 11.5. The minimum Gasteiger partial charge on any atom is -0.370 e. The molecule has 5 nitrogen and oxygen atoms in total. The summed E-state index contributed by atoms with van der Waals surface area (Å²) in [6.45, 7) is 3.75. The van der Waals surface area contributed by atoms with E-state index in [0.717, 1.165) is 31.9 Å². The highest BCUT2D eigenvalue weighted by Gasteiger charge is 2.24. The van der Waals surface area contributed by atoms with Crippen LogP contribution in [0.4, 0.5) is 10.1 Å². The number of carbonyl (C=O) groups excluding carboxylic acids is 1. The van der Waals surface area contributed by atoms with Gasteiger partial charge in [0.1, 0.15) is 5.82 Å². The van der Waals surface area contributed by atoms with E-state index in [-0.39, 0.29) is 17.8 Å². The Morgan fingerprint density at radius 2 is 1.80 bits per heavy atom. The minimum atomic E-state index is -0.318. The van der Waals surface area contributed by atoms with Crippen molar-refractivity contribution in [3.8, 4) is 0 Å². The molecule has 0 spiro atoms. The monoisotopic (exact) mass is 280 g/mol. The van der Waals surface area contributed by atoms with E-state index in [2.05, 4.69) is 9.80 Å². The fourth-order valence-corrected chi connectivity index (χ4v) is 2.59. The third-order valence-electron chi connectivity index (χ3n) is 3.73. The van der Waals surface area contributed by atoms with E-state index in [1.807, 2.05) is 0 Å². The summed E-state index contributed by atoms with van der Waals surface area (Å²) < 4.78 is 12.9. The second kappa shape index (κ2) is 6.67. The molecule has 1 fully saturated rings. The Morgan fingerprint density at radius 3 is 2.30 bits per heavy atom. The molecule has 0 saturated carbocycles. The molecule has 0 aromatic heterocycles. The van der Waals surface area contributed by atoms with Crippen molar-refractivity contribution in [3.63, 3.8) is 0 Å². The molecular weight excluding hydrogens is 259 g/mol. The summed E-state index contributed by atoms with van der Waals surface area (Å²) in [7, 11) is 0. The minimum absolute atomic E-state index is 0.0165. The zero-order chi connectivity index (χ0) is 14.5. The third kappa shape index (κ3) is 3.68. The van der Waals surface area contributed by atoms with Crippen LogP contribution in [0.25, 0.3) is 0 Å². The maximum absolute atomic E-state index is 12.9. The molecule has 1 unspecified atom stereocenters. The highest BCUT2D eigenvalue weighted by molar-refractivity contribution is 5.74. The number of hydrogen-bond acceptors (Lipinski definition) is 4. The lowest BCUT2D eigenvalue weighted by atomic mass is 10.1. The molecular formula is C14H21FN4O. The summed E-state index contributed by atoms with van der Waals surface area (Å²) in [4.78, 5) is 15.4. The van der Waals surface area contributed by atoms with Gasteiger partial charge in [-0.2, -0.15) is 0 Å². The molecule has 1 heterocycles. The number of anilines is 1. The molecule has 1 aliphatic heterocycles. The molecule has 6 heteroatoms. The number of benzene rings is 1. The molecule has 1 saturated heterocycles. The van der Waals surface area contributed by atoms with Gasteiger partial charge in [0, 0.05) is 50.9 Å². The van der Waals surface area contributed by atoms with E-state index in [1.165, 1.54) is 12.1 Å². The van der Waals surface area contributed by atoms with Crippen molar-refractivity contribution in [2.75, 3.05) is 37.6 Å². The number of primary amides is 1. The van der Waals surface area contributed by atoms with Gasteiger partial charge in [-0.1, -0.05) is 0 Å². The zero-order valence-electron chi connectivity index (χ0n) is 11.5. The Kier molecular flexibility index (Phi) is 4.92. The number of rotatable bonds is 5. The van der Waals surface area contributed by atoms with E-state index < -0.39 is 0 Å². The van der Waals surface area contributed by atoms with E-state index in [0.29, 0.717) is 13.0 Å². The van der Waals surface area contributed by atoms with Crippen LogP contribution in [0, 0.1) is 5.82 Å². The van der Waals surface area contributed by atoms with Crippen LogP contribution in [0.2, 0.25) is 0 Å². The first kappa shape index (κ1) is 14.7. The maximum Gasteiger partial charge on any atom is 0.219 e. The summed E-state index contributed by atoms with van der Waals surface area (Å²) in [5.74, 6) is -0.543. The predicted molar refractivity (Wildman–Crippen MR) is 76.8 cm³/mol. The number of nitrogens with zero attached hydrogens (tertiary/aromatic N) is 2. The van der Waals surface area contributed by atoms with Crippen molar-refractivity contribution in [2.45, 2.75) is 12.5 Å².